The van der Waals surface area contributed by atoms with E-state index in [4.69, 9.17) is 4.74 Å². The van der Waals surface area contributed by atoms with E-state index in [9.17, 15) is 5.11 Å². The van der Waals surface area contributed by atoms with Gasteiger partial charge in [0.1, 0.15) is 0 Å². The van der Waals surface area contributed by atoms with Crippen molar-refractivity contribution in [3.8, 4) is 0 Å². The van der Waals surface area contributed by atoms with Crippen molar-refractivity contribution in [2.75, 3.05) is 7.11 Å². The molecule has 0 aliphatic heterocycles. The summed E-state index contributed by atoms with van der Waals surface area (Å²) in [5.41, 5.74) is -0.250. The fourth-order valence-corrected chi connectivity index (χ4v) is 1.36. The third-order valence-corrected chi connectivity index (χ3v) is 2.32. The Morgan fingerprint density at radius 1 is 1.67 bits per heavy atom. The van der Waals surface area contributed by atoms with Gasteiger partial charge in [0.25, 0.3) is 0 Å². The molecule has 0 amide bonds. The Kier molecular flexibility index (Phi) is 1.78. The lowest BCUT2D eigenvalue weighted by atomic mass is 10.0. The summed E-state index contributed by atoms with van der Waals surface area (Å²) in [7, 11) is 1.66. The normalized spacial score (nSPS) is 43.7. The van der Waals surface area contributed by atoms with Crippen LogP contribution >= 0.6 is 0 Å². The predicted molar refractivity (Wildman–Crippen MR) is 35.3 cm³/mol. The Morgan fingerprint density at radius 3 is 2.56 bits per heavy atom. The summed E-state index contributed by atoms with van der Waals surface area (Å²) in [5.74, 6) is 0. The molecule has 2 atom stereocenters. The highest BCUT2D eigenvalue weighted by Gasteiger charge is 2.37. The van der Waals surface area contributed by atoms with Gasteiger partial charge in [-0.15, -0.1) is 0 Å². The van der Waals surface area contributed by atoms with Gasteiger partial charge in [-0.2, -0.15) is 0 Å². The smallest absolute Gasteiger partial charge is 0.0908 e. The summed E-state index contributed by atoms with van der Waals surface area (Å²) in [4.78, 5) is 0. The van der Waals surface area contributed by atoms with E-state index in [1.165, 1.54) is 0 Å². The maximum atomic E-state index is 9.32. The van der Waals surface area contributed by atoms with E-state index in [1.807, 2.05) is 6.92 Å². The highest BCUT2D eigenvalue weighted by Crippen LogP contribution is 2.31. The van der Waals surface area contributed by atoms with Gasteiger partial charge in [0.2, 0.25) is 0 Å². The molecule has 0 aromatic rings. The van der Waals surface area contributed by atoms with Crippen LogP contribution in [0.15, 0.2) is 0 Å². The van der Waals surface area contributed by atoms with E-state index in [1.54, 1.807) is 7.11 Å². The lowest BCUT2D eigenvalue weighted by Crippen LogP contribution is -2.35. The molecule has 0 saturated heterocycles. The molecule has 0 radical (unpaired) electrons. The molecule has 1 rings (SSSR count). The van der Waals surface area contributed by atoms with E-state index in [-0.39, 0.29) is 11.7 Å². The summed E-state index contributed by atoms with van der Waals surface area (Å²) < 4.78 is 5.16. The van der Waals surface area contributed by atoms with Gasteiger partial charge in [0.15, 0.2) is 0 Å². The largest absolute Gasteiger partial charge is 0.390 e. The zero-order chi connectivity index (χ0) is 6.91. The number of rotatable bonds is 1. The molecule has 1 N–H and O–H groups in total. The molecule has 54 valence electrons. The van der Waals surface area contributed by atoms with Crippen molar-refractivity contribution < 1.29 is 9.84 Å². The summed E-state index contributed by atoms with van der Waals surface area (Å²) >= 11 is 0. The first-order valence-electron chi connectivity index (χ1n) is 3.42. The van der Waals surface area contributed by atoms with Crippen LogP contribution in [-0.4, -0.2) is 23.9 Å². The minimum absolute atomic E-state index is 0.248. The van der Waals surface area contributed by atoms with E-state index >= 15 is 0 Å². The van der Waals surface area contributed by atoms with Crippen LogP contribution in [0, 0.1) is 0 Å². The van der Waals surface area contributed by atoms with Crippen molar-refractivity contribution in [3.05, 3.63) is 0 Å². The van der Waals surface area contributed by atoms with Crippen LogP contribution in [0.4, 0.5) is 0 Å². The van der Waals surface area contributed by atoms with Crippen molar-refractivity contribution in [2.45, 2.75) is 37.9 Å². The second kappa shape index (κ2) is 2.27. The van der Waals surface area contributed by atoms with Gasteiger partial charge in [-0.25, -0.2) is 0 Å². The maximum Gasteiger partial charge on any atom is 0.0908 e. The highest BCUT2D eigenvalue weighted by molar-refractivity contribution is 4.89. The van der Waals surface area contributed by atoms with Gasteiger partial charge in [-0.3, -0.25) is 0 Å². The molecule has 0 spiro atoms. The zero-order valence-corrected chi connectivity index (χ0v) is 6.05. The third-order valence-electron chi connectivity index (χ3n) is 2.32. The molecule has 1 fully saturated rings. The molecule has 1 aliphatic rings. The fraction of sp³-hybridized carbons (Fsp3) is 1.00. The Labute approximate surface area is 55.8 Å². The monoisotopic (exact) mass is 130 g/mol. The van der Waals surface area contributed by atoms with Crippen LogP contribution in [0.3, 0.4) is 0 Å². The Hall–Kier alpha value is -0.0800. The van der Waals surface area contributed by atoms with Crippen LogP contribution < -0.4 is 0 Å². The third kappa shape index (κ3) is 1.10. The lowest BCUT2D eigenvalue weighted by Gasteiger charge is -2.25. The van der Waals surface area contributed by atoms with Crippen molar-refractivity contribution in [3.63, 3.8) is 0 Å². The molecule has 0 aromatic heterocycles. The van der Waals surface area contributed by atoms with Gasteiger partial charge in [-0.1, -0.05) is 0 Å². The Morgan fingerprint density at radius 2 is 2.33 bits per heavy atom. The van der Waals surface area contributed by atoms with E-state index in [0.29, 0.717) is 0 Å². The fourth-order valence-electron chi connectivity index (χ4n) is 1.36. The average Bonchev–Trinajstić information content (AvgIpc) is 2.15. The second-order valence-corrected chi connectivity index (χ2v) is 2.92. The SMILES string of the molecule is CO[C@@]1(C)CCC[C@@H]1O. The molecule has 0 aromatic carbocycles. The van der Waals surface area contributed by atoms with E-state index < -0.39 is 0 Å². The number of methoxy groups -OCH3 is 1. The quantitative estimate of drug-likeness (QED) is 0.572. The highest BCUT2D eigenvalue weighted by atomic mass is 16.5. The van der Waals surface area contributed by atoms with E-state index in [0.717, 1.165) is 19.3 Å². The maximum absolute atomic E-state index is 9.32. The molecule has 9 heavy (non-hydrogen) atoms. The minimum atomic E-state index is -0.250. The van der Waals surface area contributed by atoms with Gasteiger partial charge in [0.05, 0.1) is 11.7 Å². The molecule has 0 bridgehead atoms. The topological polar surface area (TPSA) is 29.5 Å². The lowest BCUT2D eigenvalue weighted by molar-refractivity contribution is -0.0697. The molecular formula is C7H14O2. The van der Waals surface area contributed by atoms with Crippen LogP contribution in [0.5, 0.6) is 0 Å². The van der Waals surface area contributed by atoms with Crippen molar-refractivity contribution in [1.29, 1.82) is 0 Å². The molecule has 2 nitrogen and oxygen atoms in total. The van der Waals surface area contributed by atoms with Gasteiger partial charge in [0, 0.05) is 7.11 Å². The number of ether oxygens (including phenoxy) is 1. The van der Waals surface area contributed by atoms with Crippen molar-refractivity contribution in [2.24, 2.45) is 0 Å². The first-order valence-corrected chi connectivity index (χ1v) is 3.42. The van der Waals surface area contributed by atoms with Gasteiger partial charge in [-0.05, 0) is 26.2 Å². The molecule has 2 heteroatoms. The van der Waals surface area contributed by atoms with Crippen LogP contribution in [0.2, 0.25) is 0 Å². The number of hydrogen-bond donors (Lipinski definition) is 1. The van der Waals surface area contributed by atoms with Crippen LogP contribution in [-0.2, 0) is 4.74 Å². The van der Waals surface area contributed by atoms with E-state index in [2.05, 4.69) is 0 Å². The Bertz CT molecular complexity index is 103. The number of hydrogen-bond acceptors (Lipinski definition) is 2. The van der Waals surface area contributed by atoms with Crippen LogP contribution in [0.25, 0.3) is 0 Å². The number of aliphatic hydroxyl groups excluding tert-OH is 1. The average molecular weight is 130 g/mol. The van der Waals surface area contributed by atoms with Crippen molar-refractivity contribution >= 4 is 0 Å². The molecule has 0 unspecified atom stereocenters. The zero-order valence-electron chi connectivity index (χ0n) is 6.05. The molecule has 1 saturated carbocycles. The van der Waals surface area contributed by atoms with Crippen molar-refractivity contribution in [1.82, 2.24) is 0 Å². The predicted octanol–water partition coefficient (Wildman–Crippen LogP) is 0.936. The van der Waals surface area contributed by atoms with Gasteiger partial charge >= 0.3 is 0 Å². The number of aliphatic hydroxyl groups is 1. The standard InChI is InChI=1S/C7H14O2/c1-7(9-2)5-3-4-6(7)8/h6,8H,3-5H2,1-2H3/t6-,7-/m0/s1. The summed E-state index contributed by atoms with van der Waals surface area (Å²) in [6, 6.07) is 0. The summed E-state index contributed by atoms with van der Waals surface area (Å²) in [6.07, 6.45) is 2.73. The molecule has 0 heterocycles. The van der Waals surface area contributed by atoms with Gasteiger partial charge < -0.3 is 9.84 Å². The Balaban J connectivity index is 2.56. The first kappa shape index (κ1) is 7.03. The molecule has 1 aliphatic carbocycles. The summed E-state index contributed by atoms with van der Waals surface area (Å²) in [5, 5.41) is 9.32. The second-order valence-electron chi connectivity index (χ2n) is 2.92. The minimum Gasteiger partial charge on any atom is -0.390 e. The molecular weight excluding hydrogens is 116 g/mol. The summed E-state index contributed by atoms with van der Waals surface area (Å²) in [6.45, 7) is 1.96. The van der Waals surface area contributed by atoms with Crippen LogP contribution in [0.1, 0.15) is 26.2 Å². The first-order chi connectivity index (χ1) is 4.19.